The summed E-state index contributed by atoms with van der Waals surface area (Å²) in [7, 11) is 1.52. The van der Waals surface area contributed by atoms with E-state index in [0.29, 0.717) is 17.3 Å². The molecular weight excluding hydrogens is 218 g/mol. The van der Waals surface area contributed by atoms with E-state index in [1.165, 1.54) is 7.11 Å². The molecule has 0 radical (unpaired) electrons. The van der Waals surface area contributed by atoms with E-state index < -0.39 is 0 Å². The molecule has 0 aliphatic rings. The number of carbonyl (C=O) groups excluding carboxylic acids is 1. The normalized spacial score (nSPS) is 10.8. The zero-order valence-corrected chi connectivity index (χ0v) is 11.0. The molecule has 0 aliphatic carbocycles. The van der Waals surface area contributed by atoms with Gasteiger partial charge < -0.3 is 9.47 Å². The minimum absolute atomic E-state index is 0.0107. The summed E-state index contributed by atoms with van der Waals surface area (Å²) in [5, 5.41) is 0. The summed E-state index contributed by atoms with van der Waals surface area (Å²) in [6, 6.07) is 3.29. The molecule has 4 nitrogen and oxygen atoms in total. The first-order chi connectivity index (χ1) is 7.93. The van der Waals surface area contributed by atoms with Crippen molar-refractivity contribution in [2.75, 3.05) is 7.11 Å². The lowest BCUT2D eigenvalue weighted by atomic mass is 10.0. The van der Waals surface area contributed by atoms with Crippen LogP contribution in [0.4, 0.5) is 0 Å². The number of nitrogens with zero attached hydrogens (tertiary/aromatic N) is 1. The van der Waals surface area contributed by atoms with Gasteiger partial charge in [0.05, 0.1) is 13.2 Å². The number of ether oxygens (including phenoxy) is 2. The number of aromatic nitrogens is 1. The zero-order chi connectivity index (χ0) is 13.0. The molecule has 0 spiro atoms. The topological polar surface area (TPSA) is 48.4 Å². The maximum absolute atomic E-state index is 11.9. The molecule has 1 rings (SSSR count). The van der Waals surface area contributed by atoms with E-state index in [0.717, 1.165) is 0 Å². The van der Waals surface area contributed by atoms with Crippen molar-refractivity contribution in [3.63, 3.8) is 0 Å². The van der Waals surface area contributed by atoms with Gasteiger partial charge >= 0.3 is 0 Å². The Morgan fingerprint density at radius 1 is 1.18 bits per heavy atom. The Morgan fingerprint density at radius 2 is 1.76 bits per heavy atom. The second kappa shape index (κ2) is 5.66. The number of rotatable bonds is 5. The van der Waals surface area contributed by atoms with Gasteiger partial charge in [0.15, 0.2) is 5.78 Å². The molecule has 4 heteroatoms. The van der Waals surface area contributed by atoms with Crippen LogP contribution in [0.5, 0.6) is 11.8 Å². The molecule has 0 atom stereocenters. The van der Waals surface area contributed by atoms with Crippen LogP contribution in [0, 0.1) is 5.92 Å². The third-order valence-electron chi connectivity index (χ3n) is 2.15. The maximum atomic E-state index is 11.9. The van der Waals surface area contributed by atoms with Crippen LogP contribution in [-0.4, -0.2) is 24.0 Å². The molecule has 0 aromatic carbocycles. The van der Waals surface area contributed by atoms with E-state index in [-0.39, 0.29) is 17.8 Å². The summed E-state index contributed by atoms with van der Waals surface area (Å²) < 4.78 is 10.5. The Labute approximate surface area is 102 Å². The zero-order valence-electron chi connectivity index (χ0n) is 11.0. The number of pyridine rings is 1. The smallest absolute Gasteiger partial charge is 0.217 e. The molecule has 0 saturated carbocycles. The third-order valence-corrected chi connectivity index (χ3v) is 2.15. The Kier molecular flexibility index (Phi) is 4.49. The van der Waals surface area contributed by atoms with Crippen LogP contribution in [0.3, 0.4) is 0 Å². The van der Waals surface area contributed by atoms with Gasteiger partial charge in [-0.3, -0.25) is 4.79 Å². The second-order valence-electron chi connectivity index (χ2n) is 4.42. The van der Waals surface area contributed by atoms with Gasteiger partial charge in [0.2, 0.25) is 11.8 Å². The predicted octanol–water partition coefficient (Wildman–Crippen LogP) is 2.72. The van der Waals surface area contributed by atoms with Crippen molar-refractivity contribution in [2.45, 2.75) is 33.8 Å². The molecule has 0 saturated heterocycles. The minimum Gasteiger partial charge on any atom is -0.481 e. The van der Waals surface area contributed by atoms with Gasteiger partial charge in [-0.25, -0.2) is 0 Å². The third kappa shape index (κ3) is 3.73. The van der Waals surface area contributed by atoms with Crippen molar-refractivity contribution in [3.05, 3.63) is 17.7 Å². The van der Waals surface area contributed by atoms with E-state index in [9.17, 15) is 4.79 Å². The van der Waals surface area contributed by atoms with Gasteiger partial charge in [0.1, 0.15) is 0 Å². The lowest BCUT2D eigenvalue weighted by Crippen LogP contribution is -2.11. The summed E-state index contributed by atoms with van der Waals surface area (Å²) in [6.07, 6.45) is 0.0107. The van der Waals surface area contributed by atoms with Crippen LogP contribution in [0.2, 0.25) is 0 Å². The maximum Gasteiger partial charge on any atom is 0.217 e. The number of methoxy groups -OCH3 is 1. The minimum atomic E-state index is -0.0611. The van der Waals surface area contributed by atoms with Crippen molar-refractivity contribution in [2.24, 2.45) is 5.92 Å². The fourth-order valence-electron chi connectivity index (χ4n) is 1.36. The molecule has 1 aromatic heterocycles. The van der Waals surface area contributed by atoms with E-state index in [1.807, 2.05) is 27.7 Å². The van der Waals surface area contributed by atoms with Crippen LogP contribution in [0.25, 0.3) is 0 Å². The monoisotopic (exact) mass is 237 g/mol. The van der Waals surface area contributed by atoms with Crippen molar-refractivity contribution in [1.82, 2.24) is 4.98 Å². The summed E-state index contributed by atoms with van der Waals surface area (Å²) in [4.78, 5) is 16.0. The van der Waals surface area contributed by atoms with Gasteiger partial charge in [-0.1, -0.05) is 13.8 Å². The predicted molar refractivity (Wildman–Crippen MR) is 65.7 cm³/mol. The Balaban J connectivity index is 3.09. The quantitative estimate of drug-likeness (QED) is 0.739. The van der Waals surface area contributed by atoms with Crippen molar-refractivity contribution < 1.29 is 14.3 Å². The van der Waals surface area contributed by atoms with Crippen molar-refractivity contribution in [1.29, 1.82) is 0 Å². The van der Waals surface area contributed by atoms with Crippen LogP contribution in [0.15, 0.2) is 12.1 Å². The van der Waals surface area contributed by atoms with E-state index in [2.05, 4.69) is 4.98 Å². The molecule has 94 valence electrons. The first-order valence-electron chi connectivity index (χ1n) is 5.71. The highest BCUT2D eigenvalue weighted by molar-refractivity contribution is 5.97. The van der Waals surface area contributed by atoms with Crippen LogP contribution in [-0.2, 0) is 0 Å². The van der Waals surface area contributed by atoms with Gasteiger partial charge in [-0.15, -0.1) is 0 Å². The number of ketones is 1. The molecule has 1 heterocycles. The molecule has 0 amide bonds. The molecular formula is C13H19NO3. The first-order valence-corrected chi connectivity index (χ1v) is 5.71. The summed E-state index contributed by atoms with van der Waals surface area (Å²) in [5.41, 5.74) is 0.572. The fraction of sp³-hybridized carbons (Fsp3) is 0.538. The molecule has 0 fully saturated rings. The summed E-state index contributed by atoms with van der Waals surface area (Å²) >= 11 is 0. The van der Waals surface area contributed by atoms with Crippen molar-refractivity contribution >= 4 is 5.78 Å². The van der Waals surface area contributed by atoms with Gasteiger partial charge in [0, 0.05) is 23.6 Å². The molecule has 0 unspecified atom stereocenters. The standard InChI is InChI=1S/C13H19NO3/c1-8(2)13(15)10-6-11(16-5)14-12(7-10)17-9(3)4/h6-9H,1-5H3. The molecule has 0 aliphatic heterocycles. The van der Waals surface area contributed by atoms with Gasteiger partial charge in [0.25, 0.3) is 0 Å². The van der Waals surface area contributed by atoms with E-state index >= 15 is 0 Å². The highest BCUT2D eigenvalue weighted by Crippen LogP contribution is 2.21. The number of hydrogen-bond donors (Lipinski definition) is 0. The molecule has 17 heavy (non-hydrogen) atoms. The summed E-state index contributed by atoms with van der Waals surface area (Å²) in [6.45, 7) is 7.53. The van der Waals surface area contributed by atoms with E-state index in [4.69, 9.17) is 9.47 Å². The highest BCUT2D eigenvalue weighted by atomic mass is 16.5. The fourth-order valence-corrected chi connectivity index (χ4v) is 1.36. The SMILES string of the molecule is COc1cc(C(=O)C(C)C)cc(OC(C)C)n1. The molecule has 0 bridgehead atoms. The first kappa shape index (κ1) is 13.5. The Hall–Kier alpha value is -1.58. The number of hydrogen-bond acceptors (Lipinski definition) is 4. The summed E-state index contributed by atoms with van der Waals surface area (Å²) in [5.74, 6) is 0.809. The molecule has 1 aromatic rings. The van der Waals surface area contributed by atoms with Gasteiger partial charge in [-0.2, -0.15) is 4.98 Å². The Bertz CT molecular complexity index is 400. The lowest BCUT2D eigenvalue weighted by molar-refractivity contribution is 0.0938. The highest BCUT2D eigenvalue weighted by Gasteiger charge is 2.14. The lowest BCUT2D eigenvalue weighted by Gasteiger charge is -2.12. The Morgan fingerprint density at radius 3 is 2.24 bits per heavy atom. The van der Waals surface area contributed by atoms with Crippen molar-refractivity contribution in [3.8, 4) is 11.8 Å². The number of carbonyl (C=O) groups is 1. The average Bonchev–Trinajstić information content (AvgIpc) is 2.26. The van der Waals surface area contributed by atoms with E-state index in [1.54, 1.807) is 12.1 Å². The number of Topliss-reactive ketones (excluding diaryl/α,β-unsaturated/α-hetero) is 1. The van der Waals surface area contributed by atoms with Crippen LogP contribution in [0.1, 0.15) is 38.1 Å². The van der Waals surface area contributed by atoms with Gasteiger partial charge in [-0.05, 0) is 13.8 Å². The van der Waals surface area contributed by atoms with Crippen LogP contribution >= 0.6 is 0 Å². The molecule has 0 N–H and O–H groups in total. The average molecular weight is 237 g/mol. The second-order valence-corrected chi connectivity index (χ2v) is 4.42. The van der Waals surface area contributed by atoms with Crippen LogP contribution < -0.4 is 9.47 Å². The largest absolute Gasteiger partial charge is 0.481 e.